The third-order valence-corrected chi connectivity index (χ3v) is 0.908. The molecule has 0 spiro atoms. The quantitative estimate of drug-likeness (QED) is 0.376. The zero-order chi connectivity index (χ0) is 11.7. The minimum Gasteiger partial charge on any atom is -0.550 e. The van der Waals surface area contributed by atoms with E-state index in [-0.39, 0.29) is 41.6 Å². The minimum atomic E-state index is -1.33. The molecule has 7 heteroatoms. The van der Waals surface area contributed by atoms with Crippen LogP contribution in [-0.2, 0) is 14.4 Å². The summed E-state index contributed by atoms with van der Waals surface area (Å²) in [6.07, 6.45) is -0.766. The monoisotopic (exact) mass is 226 g/mol. The molecular weight excluding hydrogens is 215 g/mol. The number of hydrogen-bond donors (Lipinski definition) is 2. The molecule has 0 aromatic rings. The Morgan fingerprint density at radius 1 is 1.20 bits per heavy atom. The van der Waals surface area contributed by atoms with Crippen molar-refractivity contribution in [1.82, 2.24) is 0 Å². The van der Waals surface area contributed by atoms with Gasteiger partial charge in [-0.2, -0.15) is 0 Å². The van der Waals surface area contributed by atoms with Gasteiger partial charge in [0, 0.05) is 11.5 Å². The molecule has 0 saturated carbocycles. The second kappa shape index (κ2) is 11.2. The van der Waals surface area contributed by atoms with Crippen molar-refractivity contribution in [3.63, 3.8) is 0 Å². The van der Waals surface area contributed by atoms with Gasteiger partial charge in [0.25, 0.3) is 0 Å². The van der Waals surface area contributed by atoms with E-state index in [2.05, 4.69) is 6.58 Å². The summed E-state index contributed by atoms with van der Waals surface area (Å²) >= 11 is 0. The molecule has 0 bridgehead atoms. The van der Waals surface area contributed by atoms with Crippen molar-refractivity contribution < 1.29 is 59.3 Å². The Labute approximate surface area is 109 Å². The molecule has 80 valence electrons. The maximum atomic E-state index is 9.61. The Bertz CT molecular complexity index is 222. The molecule has 15 heavy (non-hydrogen) atoms. The fourth-order valence-corrected chi connectivity index (χ4v) is 0.209. The van der Waals surface area contributed by atoms with Gasteiger partial charge in [0.05, 0.1) is 6.42 Å². The topological polar surface area (TPSA) is 115 Å². The van der Waals surface area contributed by atoms with Crippen molar-refractivity contribution >= 4 is 17.9 Å². The Kier molecular flexibility index (Phi) is 14.7. The first kappa shape index (κ1) is 19.7. The molecule has 0 atom stereocenters. The zero-order valence-corrected chi connectivity index (χ0v) is 10.6. The maximum absolute atomic E-state index is 9.61. The number of carbonyl (C=O) groups is 3. The van der Waals surface area contributed by atoms with E-state index >= 15 is 0 Å². The molecule has 0 heterocycles. The Hall–Kier alpha value is -0.850. The normalized spacial score (nSPS) is 7.53. The molecule has 6 nitrogen and oxygen atoms in total. The first-order chi connectivity index (χ1) is 6.27. The standard InChI is InChI=1S/C4H6O4.C4H6O2.Na/c5-3(6)1-2-4(7)8;1-3(2)4(5)6;/h1-2H2,(H,5,6)(H,7,8);1H2,2H3,(H,5,6);/q;;+1/p-1. The number of carboxylic acid groups (broad SMARTS) is 3. The van der Waals surface area contributed by atoms with E-state index < -0.39 is 24.3 Å². The van der Waals surface area contributed by atoms with Gasteiger partial charge in [-0.3, -0.25) is 4.79 Å². The van der Waals surface area contributed by atoms with Gasteiger partial charge < -0.3 is 20.1 Å². The van der Waals surface area contributed by atoms with Crippen LogP contribution in [-0.4, -0.2) is 28.1 Å². The van der Waals surface area contributed by atoms with Gasteiger partial charge in [-0.1, -0.05) is 6.58 Å². The molecule has 0 aromatic heterocycles. The molecule has 0 aliphatic carbocycles. The van der Waals surface area contributed by atoms with Crippen molar-refractivity contribution in [2.24, 2.45) is 0 Å². The summed E-state index contributed by atoms with van der Waals surface area (Å²) in [7, 11) is 0. The molecule has 0 saturated heterocycles. The fourth-order valence-electron chi connectivity index (χ4n) is 0.209. The van der Waals surface area contributed by atoms with E-state index in [9.17, 15) is 19.5 Å². The smallest absolute Gasteiger partial charge is 0.550 e. The molecule has 2 N–H and O–H groups in total. The molecular formula is C8H11NaO6. The van der Waals surface area contributed by atoms with Gasteiger partial charge in [-0.15, -0.1) is 0 Å². The van der Waals surface area contributed by atoms with Crippen LogP contribution in [0.3, 0.4) is 0 Å². The van der Waals surface area contributed by atoms with Crippen molar-refractivity contribution in [2.45, 2.75) is 19.8 Å². The summed E-state index contributed by atoms with van der Waals surface area (Å²) in [5, 5.41) is 25.3. The summed E-state index contributed by atoms with van der Waals surface area (Å²) in [6, 6.07) is 0. The summed E-state index contributed by atoms with van der Waals surface area (Å²) in [5.74, 6) is -3.38. The average molecular weight is 226 g/mol. The molecule has 0 fully saturated rings. The third-order valence-electron chi connectivity index (χ3n) is 0.908. The van der Waals surface area contributed by atoms with Gasteiger partial charge in [-0.05, 0) is 13.3 Å². The molecule has 0 aromatic carbocycles. The largest absolute Gasteiger partial charge is 1.00 e. The van der Waals surface area contributed by atoms with Gasteiger partial charge in [0.15, 0.2) is 0 Å². The molecule has 0 unspecified atom stereocenters. The molecule has 0 rings (SSSR count). The predicted molar refractivity (Wildman–Crippen MR) is 44.3 cm³/mol. The van der Waals surface area contributed by atoms with Gasteiger partial charge in [-0.25, -0.2) is 4.79 Å². The van der Waals surface area contributed by atoms with Crippen LogP contribution in [0.25, 0.3) is 0 Å². The number of rotatable bonds is 4. The van der Waals surface area contributed by atoms with Crippen LogP contribution < -0.4 is 34.7 Å². The summed E-state index contributed by atoms with van der Waals surface area (Å²) in [4.78, 5) is 28.7. The van der Waals surface area contributed by atoms with E-state index in [1.165, 1.54) is 6.92 Å². The fraction of sp³-hybridized carbons (Fsp3) is 0.375. The van der Waals surface area contributed by atoms with Crippen LogP contribution in [0.1, 0.15) is 19.8 Å². The van der Waals surface area contributed by atoms with E-state index in [4.69, 9.17) is 10.2 Å². The summed E-state index contributed by atoms with van der Waals surface area (Å²) < 4.78 is 0. The van der Waals surface area contributed by atoms with Crippen molar-refractivity contribution in [1.29, 1.82) is 0 Å². The number of hydrogen-bond acceptors (Lipinski definition) is 4. The number of carboxylic acids is 3. The van der Waals surface area contributed by atoms with E-state index in [1.54, 1.807) is 0 Å². The van der Waals surface area contributed by atoms with Crippen LogP contribution in [0, 0.1) is 0 Å². The van der Waals surface area contributed by atoms with Crippen LogP contribution in [0.2, 0.25) is 0 Å². The van der Waals surface area contributed by atoms with Crippen molar-refractivity contribution in [3.8, 4) is 0 Å². The average Bonchev–Trinajstić information content (AvgIpc) is 2.01. The van der Waals surface area contributed by atoms with E-state index in [1.807, 2.05) is 0 Å². The summed E-state index contributed by atoms with van der Waals surface area (Å²) in [6.45, 7) is 4.60. The van der Waals surface area contributed by atoms with Crippen LogP contribution in [0.5, 0.6) is 0 Å². The second-order valence-electron chi connectivity index (χ2n) is 2.35. The Morgan fingerprint density at radius 3 is 1.60 bits per heavy atom. The van der Waals surface area contributed by atoms with Crippen LogP contribution in [0.4, 0.5) is 0 Å². The zero-order valence-electron chi connectivity index (χ0n) is 8.65. The third kappa shape index (κ3) is 24.6. The van der Waals surface area contributed by atoms with Gasteiger partial charge in [0.2, 0.25) is 0 Å². The van der Waals surface area contributed by atoms with Crippen molar-refractivity contribution in [3.05, 3.63) is 12.2 Å². The van der Waals surface area contributed by atoms with E-state index in [0.717, 1.165) is 0 Å². The number of aliphatic carboxylic acids is 3. The molecule has 0 aliphatic heterocycles. The first-order valence-electron chi connectivity index (χ1n) is 3.57. The number of carbonyl (C=O) groups excluding carboxylic acids is 1. The Balaban J connectivity index is -0.000000187. The first-order valence-corrected chi connectivity index (χ1v) is 3.57. The SMILES string of the molecule is C=C(C)C(=O)O.O=C([O-])CCC(=O)O.[Na+]. The van der Waals surface area contributed by atoms with Gasteiger partial charge >= 0.3 is 41.5 Å². The van der Waals surface area contributed by atoms with Gasteiger partial charge in [0.1, 0.15) is 0 Å². The molecule has 0 aliphatic rings. The minimum absolute atomic E-state index is 0. The molecule has 0 amide bonds. The summed E-state index contributed by atoms with van der Waals surface area (Å²) in [5.41, 5.74) is 0.176. The second-order valence-corrected chi connectivity index (χ2v) is 2.35. The van der Waals surface area contributed by atoms with Crippen LogP contribution >= 0.6 is 0 Å². The van der Waals surface area contributed by atoms with Crippen molar-refractivity contribution in [2.75, 3.05) is 0 Å². The van der Waals surface area contributed by atoms with Crippen LogP contribution in [0.15, 0.2) is 12.2 Å². The molecule has 0 radical (unpaired) electrons. The predicted octanol–water partition coefficient (Wildman–Crippen LogP) is -3.75. The maximum Gasteiger partial charge on any atom is 1.00 e. The Morgan fingerprint density at radius 2 is 1.53 bits per heavy atom. The van der Waals surface area contributed by atoms with E-state index in [0.29, 0.717) is 0 Å².